The Morgan fingerprint density at radius 3 is 2.24 bits per heavy atom. The number of halogens is 5. The molecule has 1 unspecified atom stereocenters. The number of hydrogen-bond acceptors (Lipinski definition) is 5. The van der Waals surface area contributed by atoms with Gasteiger partial charge in [0.25, 0.3) is 0 Å². The zero-order chi connectivity index (χ0) is 30.3. The van der Waals surface area contributed by atoms with Gasteiger partial charge in [-0.05, 0) is 61.4 Å². The molecule has 5 nitrogen and oxygen atoms in total. The summed E-state index contributed by atoms with van der Waals surface area (Å²) in [5.41, 5.74) is 1.53. The van der Waals surface area contributed by atoms with E-state index in [2.05, 4.69) is 6.92 Å². The van der Waals surface area contributed by atoms with Gasteiger partial charge >= 0.3 is 12.1 Å². The summed E-state index contributed by atoms with van der Waals surface area (Å²) >= 11 is 0. The number of carbonyl (C=O) groups is 1. The van der Waals surface area contributed by atoms with Gasteiger partial charge in [-0.2, -0.15) is 22.0 Å². The molecule has 0 aromatic heterocycles. The number of fused-ring (bicyclic) bond motifs is 1. The Balaban J connectivity index is 1.43. The highest BCUT2D eigenvalue weighted by molar-refractivity contribution is 7.84. The Hall–Kier alpha value is -2.69. The largest absolute Gasteiger partial charge is 0.508 e. The average molecular weight is 605 g/mol. The van der Waals surface area contributed by atoms with Crippen LogP contribution in [0.25, 0.3) is 0 Å². The number of carbonyl (C=O) groups excluding carboxylic acids is 1. The Bertz CT molecular complexity index is 1180. The first-order chi connectivity index (χ1) is 19.2. The van der Waals surface area contributed by atoms with Crippen LogP contribution in [0.1, 0.15) is 81.8 Å². The van der Waals surface area contributed by atoms with Crippen LogP contribution in [-0.2, 0) is 21.0 Å². The predicted molar refractivity (Wildman–Crippen MR) is 147 cm³/mol. The molecule has 2 aromatic carbocycles. The summed E-state index contributed by atoms with van der Waals surface area (Å²) in [6.07, 6.45) is -3.62. The lowest BCUT2D eigenvalue weighted by Crippen LogP contribution is -2.40. The summed E-state index contributed by atoms with van der Waals surface area (Å²) in [6.45, 7) is 2.46. The minimum atomic E-state index is -5.59. The second kappa shape index (κ2) is 14.0. The van der Waals surface area contributed by atoms with E-state index in [9.17, 15) is 41.2 Å². The lowest BCUT2D eigenvalue weighted by atomic mass is 9.66. The van der Waals surface area contributed by atoms with Gasteiger partial charge in [-0.1, -0.05) is 31.5 Å². The minimum absolute atomic E-state index is 0.00949. The smallest absolute Gasteiger partial charge is 0.453 e. The molecule has 0 amide bonds. The highest BCUT2D eigenvalue weighted by Gasteiger charge is 2.56. The number of benzene rings is 2. The molecule has 0 fully saturated rings. The van der Waals surface area contributed by atoms with E-state index in [1.165, 1.54) is 0 Å². The van der Waals surface area contributed by atoms with E-state index in [0.717, 1.165) is 11.1 Å². The number of ketones is 1. The van der Waals surface area contributed by atoms with E-state index in [4.69, 9.17) is 4.74 Å². The number of phenolic OH excluding ortho intramolecular Hbond substituents is 2. The van der Waals surface area contributed by atoms with Gasteiger partial charge in [-0.15, -0.1) is 0 Å². The fraction of sp³-hybridized carbons (Fsp3) is 0.567. The Morgan fingerprint density at radius 1 is 0.927 bits per heavy atom. The number of hydrogen-bond donors (Lipinski definition) is 2. The van der Waals surface area contributed by atoms with Crippen LogP contribution in [0.5, 0.6) is 17.2 Å². The number of alkyl halides is 5. The van der Waals surface area contributed by atoms with E-state index in [-0.39, 0.29) is 34.7 Å². The lowest BCUT2D eigenvalue weighted by Gasteiger charge is -2.43. The molecule has 0 bridgehead atoms. The molecule has 3 atom stereocenters. The molecule has 228 valence electrons. The van der Waals surface area contributed by atoms with E-state index in [1.807, 2.05) is 18.2 Å². The number of rotatable bonds is 15. The van der Waals surface area contributed by atoms with Gasteiger partial charge in [0.15, 0.2) is 0 Å². The van der Waals surface area contributed by atoms with Crippen LogP contribution >= 0.6 is 0 Å². The maximum Gasteiger partial charge on any atom is 0.453 e. The van der Waals surface area contributed by atoms with Crippen LogP contribution in [0, 0.1) is 0 Å². The summed E-state index contributed by atoms with van der Waals surface area (Å²) in [4.78, 5) is 12.5. The Labute approximate surface area is 239 Å². The fourth-order valence-corrected chi connectivity index (χ4v) is 6.49. The molecule has 1 aliphatic heterocycles. The molecule has 2 aromatic rings. The van der Waals surface area contributed by atoms with Crippen molar-refractivity contribution in [3.05, 3.63) is 53.6 Å². The third-order valence-corrected chi connectivity index (χ3v) is 9.24. The molecule has 0 saturated heterocycles. The van der Waals surface area contributed by atoms with Crippen molar-refractivity contribution < 1.29 is 45.9 Å². The number of ether oxygens (including phenoxy) is 1. The van der Waals surface area contributed by atoms with Crippen LogP contribution in [-0.4, -0.2) is 50.4 Å². The van der Waals surface area contributed by atoms with Crippen LogP contribution in [0.2, 0.25) is 0 Å². The van der Waals surface area contributed by atoms with Crippen LogP contribution < -0.4 is 4.74 Å². The molecule has 11 heteroatoms. The maximum atomic E-state index is 12.9. The predicted octanol–water partition coefficient (Wildman–Crippen LogP) is 7.56. The zero-order valence-electron chi connectivity index (χ0n) is 23.0. The van der Waals surface area contributed by atoms with Gasteiger partial charge < -0.3 is 14.9 Å². The normalized spacial score (nSPS) is 19.8. The van der Waals surface area contributed by atoms with Gasteiger partial charge in [0.2, 0.25) is 0 Å². The van der Waals surface area contributed by atoms with Crippen molar-refractivity contribution in [3.63, 3.8) is 0 Å². The van der Waals surface area contributed by atoms with Crippen molar-refractivity contribution in [2.75, 3.05) is 18.1 Å². The zero-order valence-corrected chi connectivity index (χ0v) is 23.8. The van der Waals surface area contributed by atoms with Crippen LogP contribution in [0.3, 0.4) is 0 Å². The first-order valence-corrected chi connectivity index (χ1v) is 15.3. The molecule has 2 N–H and O–H groups in total. The highest BCUT2D eigenvalue weighted by atomic mass is 32.2. The number of Topliss-reactive ketones (excluding diaryl/α,β-unsaturated/α-hetero) is 1. The quantitative estimate of drug-likeness (QED) is 0.162. The molecular weight excluding hydrogens is 567 g/mol. The Kier molecular flexibility index (Phi) is 11.2. The number of aromatic hydroxyl groups is 2. The maximum absolute atomic E-state index is 12.9. The summed E-state index contributed by atoms with van der Waals surface area (Å²) in [7, 11) is -1.47. The third-order valence-electron chi connectivity index (χ3n) is 7.75. The van der Waals surface area contributed by atoms with Crippen molar-refractivity contribution in [2.45, 2.75) is 88.1 Å². The second-order valence-corrected chi connectivity index (χ2v) is 12.6. The van der Waals surface area contributed by atoms with Gasteiger partial charge in [0.1, 0.15) is 23.0 Å². The second-order valence-electron chi connectivity index (χ2n) is 10.9. The number of phenols is 2. The van der Waals surface area contributed by atoms with E-state index >= 15 is 0 Å². The van der Waals surface area contributed by atoms with Crippen molar-refractivity contribution >= 4 is 16.6 Å². The average Bonchev–Trinajstić information content (AvgIpc) is 2.89. The summed E-state index contributed by atoms with van der Waals surface area (Å²) < 4.78 is 80.4. The van der Waals surface area contributed by atoms with Crippen molar-refractivity contribution in [2.24, 2.45) is 0 Å². The van der Waals surface area contributed by atoms with Crippen LogP contribution in [0.4, 0.5) is 22.0 Å². The van der Waals surface area contributed by atoms with Crippen molar-refractivity contribution in [1.29, 1.82) is 0 Å². The number of unbranched alkanes of at least 4 members (excludes halogenated alkanes) is 2. The first kappa shape index (κ1) is 32.8. The molecule has 41 heavy (non-hydrogen) atoms. The molecule has 3 rings (SSSR count). The molecule has 1 heterocycles. The topological polar surface area (TPSA) is 83.8 Å². The van der Waals surface area contributed by atoms with Gasteiger partial charge in [0, 0.05) is 59.0 Å². The molecule has 0 aliphatic carbocycles. The third kappa shape index (κ3) is 8.90. The van der Waals surface area contributed by atoms with Crippen LogP contribution in [0.15, 0.2) is 42.5 Å². The summed E-state index contributed by atoms with van der Waals surface area (Å²) in [5, 5.41) is 19.7. The molecule has 0 spiro atoms. The minimum Gasteiger partial charge on any atom is -0.508 e. The monoisotopic (exact) mass is 604 g/mol. The van der Waals surface area contributed by atoms with E-state index in [1.54, 1.807) is 24.3 Å². The lowest BCUT2D eigenvalue weighted by molar-refractivity contribution is -0.284. The standard InChI is InChI=1S/C30H37F5O5S/c1-28(21-10-12-23(37)13-11-21)20-40-27-19-24(38)14-15-25(27)26(28)9-5-8-22(36)7-3-2-4-17-41(39)18-6-16-29(31,32)30(33,34)35/h10-15,19,26,37-38H,2-9,16-18,20H2,1H3/t26-,28-,41?/m1/s1. The highest BCUT2D eigenvalue weighted by Crippen LogP contribution is 2.49. The van der Waals surface area contributed by atoms with Gasteiger partial charge in [0.05, 0.1) is 6.61 Å². The SMILES string of the molecule is C[C@]1(c2ccc(O)cc2)COc2cc(O)ccc2[C@H]1CCCC(=O)CCCCCS(=O)CCCC(F)(F)C(F)(F)F. The van der Waals surface area contributed by atoms with Crippen molar-refractivity contribution in [3.8, 4) is 17.2 Å². The Morgan fingerprint density at radius 2 is 1.56 bits per heavy atom. The molecule has 1 aliphatic rings. The molecular formula is C30H37F5O5S. The van der Waals surface area contributed by atoms with E-state index in [0.29, 0.717) is 57.3 Å². The molecule has 0 radical (unpaired) electrons. The van der Waals surface area contributed by atoms with Crippen molar-refractivity contribution in [1.82, 2.24) is 0 Å². The van der Waals surface area contributed by atoms with Gasteiger partial charge in [-0.3, -0.25) is 9.00 Å². The summed E-state index contributed by atoms with van der Waals surface area (Å²) in [5.74, 6) is -3.76. The fourth-order valence-electron chi connectivity index (χ4n) is 5.30. The van der Waals surface area contributed by atoms with Gasteiger partial charge in [-0.25, -0.2) is 0 Å². The van der Waals surface area contributed by atoms with E-state index < -0.39 is 41.2 Å². The summed E-state index contributed by atoms with van der Waals surface area (Å²) in [6, 6.07) is 12.1. The first-order valence-electron chi connectivity index (χ1n) is 13.8. The molecule has 0 saturated carbocycles.